The summed E-state index contributed by atoms with van der Waals surface area (Å²) in [6.45, 7) is 0. The standard InChI is InChI=1S/C24H21N9O9S3/c1-25-18(38)19-30-32-24(45-19)44-7-9-6-43-21-13(20(39)33(21)14(9)22(40)41)27-15(35)11(8-2-4-10(34)5-3-8)26-16(36)12-17(37)28-23(42)31-29-12/h2-5,11,13,21,34H,6-7H2,1H3,(H,25,38)(H,26,36)(H,27,35)(H,40,41)(H2,28,31,37,42)/t11?,13?,21-/m0/s1. The Hall–Kier alpha value is -5.02. The third-order valence-electron chi connectivity index (χ3n) is 6.44. The Morgan fingerprint density at radius 3 is 2.53 bits per heavy atom. The van der Waals surface area contributed by atoms with Gasteiger partial charge >= 0.3 is 11.7 Å². The van der Waals surface area contributed by atoms with Crippen LogP contribution in [0.2, 0.25) is 0 Å². The number of aromatic nitrogens is 5. The first-order valence-corrected chi connectivity index (χ1v) is 15.5. The number of carboxylic acids is 1. The number of β-lactam (4-membered cyclic amide) rings is 1. The molecule has 18 nitrogen and oxygen atoms in total. The van der Waals surface area contributed by atoms with E-state index in [2.05, 4.69) is 31.2 Å². The number of carboxylic acid groups (broad SMARTS) is 1. The number of benzene rings is 1. The van der Waals surface area contributed by atoms with Crippen molar-refractivity contribution in [1.29, 1.82) is 0 Å². The van der Waals surface area contributed by atoms with E-state index in [-0.39, 0.29) is 33.5 Å². The molecule has 1 saturated heterocycles. The second kappa shape index (κ2) is 12.9. The summed E-state index contributed by atoms with van der Waals surface area (Å²) in [5, 5.41) is 39.4. The van der Waals surface area contributed by atoms with Crippen molar-refractivity contribution < 1.29 is 34.2 Å². The van der Waals surface area contributed by atoms with Crippen LogP contribution in [-0.4, -0.2) is 100 Å². The summed E-state index contributed by atoms with van der Waals surface area (Å²) in [5.74, 6) is -4.23. The fourth-order valence-corrected chi connectivity index (χ4v) is 7.60. The van der Waals surface area contributed by atoms with E-state index < -0.39 is 64.0 Å². The maximum absolute atomic E-state index is 13.5. The van der Waals surface area contributed by atoms with Gasteiger partial charge in [0, 0.05) is 18.6 Å². The van der Waals surface area contributed by atoms with Crippen LogP contribution in [0.15, 0.2) is 49.5 Å². The molecule has 1 aromatic carbocycles. The number of rotatable bonds is 10. The smallest absolute Gasteiger partial charge is 0.352 e. The number of H-pyrrole nitrogens is 2. The van der Waals surface area contributed by atoms with Crippen LogP contribution >= 0.6 is 34.9 Å². The molecule has 2 unspecified atom stereocenters. The Balaban J connectivity index is 1.32. The first-order chi connectivity index (χ1) is 21.5. The number of thioether (sulfide) groups is 2. The normalized spacial score (nSPS) is 18.0. The van der Waals surface area contributed by atoms with E-state index in [9.17, 15) is 43.8 Å². The monoisotopic (exact) mass is 675 g/mol. The van der Waals surface area contributed by atoms with E-state index in [0.29, 0.717) is 9.91 Å². The Morgan fingerprint density at radius 2 is 1.87 bits per heavy atom. The number of carbonyl (C=O) groups is 5. The molecule has 21 heteroatoms. The number of phenolic OH excluding ortho intramolecular Hbond substituents is 1. The molecular weight excluding hydrogens is 655 g/mol. The molecule has 2 aliphatic rings. The van der Waals surface area contributed by atoms with E-state index in [4.69, 9.17) is 0 Å². The molecule has 0 aliphatic carbocycles. The molecule has 7 N–H and O–H groups in total. The fraction of sp³-hybridized carbons (Fsp3) is 0.250. The average molecular weight is 676 g/mol. The number of aromatic hydroxyl groups is 1. The van der Waals surface area contributed by atoms with Gasteiger partial charge in [0.05, 0.1) is 0 Å². The van der Waals surface area contributed by atoms with Crippen molar-refractivity contribution in [2.24, 2.45) is 0 Å². The van der Waals surface area contributed by atoms with Gasteiger partial charge in [0.15, 0.2) is 4.34 Å². The number of nitrogens with zero attached hydrogens (tertiary/aromatic N) is 4. The molecule has 1 fully saturated rings. The quantitative estimate of drug-likeness (QED) is 0.0940. The van der Waals surface area contributed by atoms with Crippen LogP contribution in [-0.2, 0) is 14.4 Å². The van der Waals surface area contributed by atoms with Gasteiger partial charge in [0.25, 0.3) is 23.3 Å². The lowest BCUT2D eigenvalue weighted by molar-refractivity contribution is -0.151. The molecule has 3 atom stereocenters. The second-order valence-corrected chi connectivity index (χ2v) is 12.6. The van der Waals surface area contributed by atoms with Crippen LogP contribution < -0.4 is 27.2 Å². The average Bonchev–Trinajstić information content (AvgIpc) is 3.50. The zero-order valence-corrected chi connectivity index (χ0v) is 25.2. The van der Waals surface area contributed by atoms with Gasteiger partial charge in [-0.3, -0.25) is 33.9 Å². The third kappa shape index (κ3) is 6.44. The highest BCUT2D eigenvalue weighted by Gasteiger charge is 2.54. The maximum Gasteiger partial charge on any atom is 0.352 e. The van der Waals surface area contributed by atoms with Crippen LogP contribution in [0.3, 0.4) is 0 Å². The largest absolute Gasteiger partial charge is 0.508 e. The van der Waals surface area contributed by atoms with Gasteiger partial charge in [-0.2, -0.15) is 5.10 Å². The minimum atomic E-state index is -1.49. The van der Waals surface area contributed by atoms with Crippen molar-refractivity contribution in [1.82, 2.24) is 46.2 Å². The molecule has 234 valence electrons. The van der Waals surface area contributed by atoms with Gasteiger partial charge in [0.1, 0.15) is 28.9 Å². The molecule has 4 heterocycles. The molecule has 3 aromatic rings. The van der Waals surface area contributed by atoms with Gasteiger partial charge in [0.2, 0.25) is 16.6 Å². The Kier molecular flexibility index (Phi) is 9.01. The first kappa shape index (κ1) is 31.4. The van der Waals surface area contributed by atoms with E-state index in [0.717, 1.165) is 28.0 Å². The highest BCUT2D eigenvalue weighted by molar-refractivity contribution is 8.01. The van der Waals surface area contributed by atoms with E-state index in [1.807, 2.05) is 10.1 Å². The Bertz CT molecular complexity index is 1850. The van der Waals surface area contributed by atoms with Crippen LogP contribution in [0.4, 0.5) is 0 Å². The van der Waals surface area contributed by atoms with Crippen LogP contribution in [0.25, 0.3) is 0 Å². The number of amides is 4. The molecule has 2 aromatic heterocycles. The van der Waals surface area contributed by atoms with Crippen LogP contribution in [0.5, 0.6) is 5.75 Å². The first-order valence-electron chi connectivity index (χ1n) is 12.7. The number of phenols is 1. The summed E-state index contributed by atoms with van der Waals surface area (Å²) < 4.78 is 0.430. The minimum Gasteiger partial charge on any atom is -0.508 e. The molecule has 4 amide bonds. The molecule has 2 aliphatic heterocycles. The second-order valence-electron chi connectivity index (χ2n) is 9.25. The van der Waals surface area contributed by atoms with Gasteiger partial charge in [-0.25, -0.2) is 14.7 Å². The topological polar surface area (TPSA) is 270 Å². The van der Waals surface area contributed by atoms with Gasteiger partial charge in [-0.05, 0) is 23.3 Å². The van der Waals surface area contributed by atoms with Gasteiger partial charge in [-0.1, -0.05) is 35.2 Å². The molecule has 0 radical (unpaired) electrons. The minimum absolute atomic E-state index is 0.133. The van der Waals surface area contributed by atoms with Crippen molar-refractivity contribution in [3.8, 4) is 5.75 Å². The van der Waals surface area contributed by atoms with E-state index in [1.165, 1.54) is 43.1 Å². The van der Waals surface area contributed by atoms with Crippen molar-refractivity contribution in [3.63, 3.8) is 0 Å². The number of carbonyl (C=O) groups excluding carboxylic acids is 4. The summed E-state index contributed by atoms with van der Waals surface area (Å²) in [7, 11) is 1.45. The van der Waals surface area contributed by atoms with Crippen molar-refractivity contribution >= 4 is 64.5 Å². The van der Waals surface area contributed by atoms with Crippen molar-refractivity contribution in [2.45, 2.75) is 21.8 Å². The van der Waals surface area contributed by atoms with Gasteiger partial charge < -0.3 is 26.2 Å². The van der Waals surface area contributed by atoms with E-state index in [1.54, 1.807) is 0 Å². The number of aliphatic carboxylic acids is 1. The predicted molar refractivity (Wildman–Crippen MR) is 158 cm³/mol. The summed E-state index contributed by atoms with van der Waals surface area (Å²) in [6, 6.07) is 2.53. The van der Waals surface area contributed by atoms with Crippen molar-refractivity contribution in [3.05, 3.63) is 72.6 Å². The number of aromatic amines is 2. The van der Waals surface area contributed by atoms with Gasteiger partial charge in [-0.15, -0.1) is 22.0 Å². The lowest BCUT2D eigenvalue weighted by Gasteiger charge is -2.49. The summed E-state index contributed by atoms with van der Waals surface area (Å²) >= 11 is 3.41. The highest BCUT2D eigenvalue weighted by atomic mass is 32.2. The zero-order valence-electron chi connectivity index (χ0n) is 22.7. The number of fused-ring (bicyclic) bond motifs is 1. The van der Waals surface area contributed by atoms with Crippen molar-refractivity contribution in [2.75, 3.05) is 18.6 Å². The lowest BCUT2D eigenvalue weighted by Crippen LogP contribution is -2.71. The zero-order chi connectivity index (χ0) is 32.4. The number of hydrogen-bond donors (Lipinski definition) is 7. The number of hydrogen-bond acceptors (Lipinski definition) is 14. The third-order valence-corrected chi connectivity index (χ3v) is 9.92. The lowest BCUT2D eigenvalue weighted by atomic mass is 10.0. The number of nitrogens with one attached hydrogen (secondary N) is 5. The maximum atomic E-state index is 13.5. The fourth-order valence-electron chi connectivity index (χ4n) is 4.31. The predicted octanol–water partition coefficient (Wildman–Crippen LogP) is -1.62. The molecule has 5 rings (SSSR count). The Labute approximate surface area is 263 Å². The van der Waals surface area contributed by atoms with Crippen LogP contribution in [0.1, 0.15) is 31.9 Å². The van der Waals surface area contributed by atoms with Crippen LogP contribution in [0, 0.1) is 0 Å². The molecule has 0 spiro atoms. The molecular formula is C24H21N9O9S3. The van der Waals surface area contributed by atoms with E-state index >= 15 is 0 Å². The summed E-state index contributed by atoms with van der Waals surface area (Å²) in [5.41, 5.74) is -2.43. The molecule has 45 heavy (non-hydrogen) atoms. The molecule has 0 saturated carbocycles. The summed E-state index contributed by atoms with van der Waals surface area (Å²) in [4.78, 5) is 89.8. The highest BCUT2D eigenvalue weighted by Crippen LogP contribution is 2.42. The molecule has 0 bridgehead atoms. The summed E-state index contributed by atoms with van der Waals surface area (Å²) in [6.07, 6.45) is 0. The SMILES string of the molecule is CNC(=O)c1nnc(SCC2=C(C(=O)O)N3C(=O)C(NC(=O)C(NC(=O)c4n[nH]c(=O)[nH]c4=O)c4ccc(O)cc4)[C@@H]3SC2)s1. The Morgan fingerprint density at radius 1 is 1.13 bits per heavy atom.